The first-order valence-electron chi connectivity index (χ1n) is 5.52. The average molecular weight is 390 g/mol. The second kappa shape index (κ2) is 7.03. The topological polar surface area (TPSA) is 75.3 Å². The summed E-state index contributed by atoms with van der Waals surface area (Å²) < 4.78 is 27.0. The van der Waals surface area contributed by atoms with Crippen molar-refractivity contribution in [3.8, 4) is 0 Å². The molecule has 1 aromatic heterocycles. The van der Waals surface area contributed by atoms with Crippen LogP contribution in [0.2, 0.25) is 5.02 Å². The van der Waals surface area contributed by atoms with Crippen molar-refractivity contribution in [2.75, 3.05) is 6.54 Å². The van der Waals surface area contributed by atoms with Gasteiger partial charge in [-0.3, -0.25) is 4.79 Å². The number of hydrogen-bond acceptors (Lipinski definition) is 4. The van der Waals surface area contributed by atoms with Crippen LogP contribution in [0.15, 0.2) is 14.1 Å². The van der Waals surface area contributed by atoms with Gasteiger partial charge in [-0.2, -0.15) is 4.72 Å². The largest absolute Gasteiger partial charge is 0.355 e. The van der Waals surface area contributed by atoms with E-state index in [9.17, 15) is 13.2 Å². The predicted molar refractivity (Wildman–Crippen MR) is 80.1 cm³/mol. The Balaban J connectivity index is 2.77. The summed E-state index contributed by atoms with van der Waals surface area (Å²) in [5.41, 5.74) is 0. The van der Waals surface area contributed by atoms with E-state index >= 15 is 0 Å². The van der Waals surface area contributed by atoms with Crippen molar-refractivity contribution < 1.29 is 13.2 Å². The summed E-state index contributed by atoms with van der Waals surface area (Å²) in [5.74, 6) is -0.354. The maximum atomic E-state index is 12.0. The summed E-state index contributed by atoms with van der Waals surface area (Å²) in [6.07, 6.45) is 0.790. The van der Waals surface area contributed by atoms with Crippen LogP contribution in [0.1, 0.15) is 20.3 Å². The molecule has 1 heterocycles. The molecule has 1 amide bonds. The second-order valence-electron chi connectivity index (χ2n) is 3.82. The fourth-order valence-corrected chi connectivity index (χ4v) is 4.82. The lowest BCUT2D eigenvalue weighted by atomic mass is 10.3. The lowest BCUT2D eigenvalue weighted by Crippen LogP contribution is -2.44. The normalized spacial score (nSPS) is 13.3. The van der Waals surface area contributed by atoms with E-state index in [1.165, 1.54) is 13.0 Å². The smallest absolute Gasteiger partial charge is 0.250 e. The molecule has 1 aromatic rings. The molecule has 0 spiro atoms. The molecule has 9 heteroatoms. The first-order chi connectivity index (χ1) is 8.77. The number of halogens is 2. The molecule has 2 N–H and O–H groups in total. The van der Waals surface area contributed by atoms with Gasteiger partial charge in [-0.25, -0.2) is 8.42 Å². The van der Waals surface area contributed by atoms with E-state index in [1.54, 1.807) is 0 Å². The molecule has 0 aromatic carbocycles. The van der Waals surface area contributed by atoms with Crippen LogP contribution in [0.25, 0.3) is 0 Å². The van der Waals surface area contributed by atoms with Gasteiger partial charge in [0.15, 0.2) is 0 Å². The maximum Gasteiger partial charge on any atom is 0.250 e. The van der Waals surface area contributed by atoms with Crippen molar-refractivity contribution in [1.29, 1.82) is 0 Å². The Morgan fingerprint density at radius 2 is 2.21 bits per heavy atom. The molecule has 1 atom stereocenters. The van der Waals surface area contributed by atoms with Crippen LogP contribution >= 0.6 is 38.9 Å². The molecule has 0 fully saturated rings. The summed E-state index contributed by atoms with van der Waals surface area (Å²) in [5, 5.41) is 2.95. The van der Waals surface area contributed by atoms with Gasteiger partial charge in [0.2, 0.25) is 5.91 Å². The molecule has 19 heavy (non-hydrogen) atoms. The van der Waals surface area contributed by atoms with E-state index in [-0.39, 0.29) is 10.1 Å². The molecule has 0 saturated carbocycles. The summed E-state index contributed by atoms with van der Waals surface area (Å²) in [7, 11) is -3.74. The molecule has 0 aliphatic rings. The van der Waals surface area contributed by atoms with Gasteiger partial charge in [0.05, 0.1) is 14.9 Å². The summed E-state index contributed by atoms with van der Waals surface area (Å²) in [6.45, 7) is 3.92. The third-order valence-electron chi connectivity index (χ3n) is 2.16. The van der Waals surface area contributed by atoms with Crippen LogP contribution in [-0.4, -0.2) is 26.9 Å². The van der Waals surface area contributed by atoms with Gasteiger partial charge in [0.1, 0.15) is 4.21 Å². The van der Waals surface area contributed by atoms with E-state index in [1.807, 2.05) is 6.92 Å². The van der Waals surface area contributed by atoms with Crippen LogP contribution in [-0.2, 0) is 14.8 Å². The van der Waals surface area contributed by atoms with Crippen molar-refractivity contribution in [2.45, 2.75) is 30.5 Å². The van der Waals surface area contributed by atoms with Gasteiger partial charge in [-0.15, -0.1) is 11.3 Å². The molecule has 1 rings (SSSR count). The van der Waals surface area contributed by atoms with E-state index in [0.717, 1.165) is 17.8 Å². The zero-order valence-electron chi connectivity index (χ0n) is 10.4. The lowest BCUT2D eigenvalue weighted by Gasteiger charge is -2.13. The molecule has 108 valence electrons. The van der Waals surface area contributed by atoms with Gasteiger partial charge in [0, 0.05) is 6.54 Å². The lowest BCUT2D eigenvalue weighted by molar-refractivity contribution is -0.122. The van der Waals surface area contributed by atoms with Crippen LogP contribution in [0.4, 0.5) is 0 Å². The average Bonchev–Trinajstić information content (AvgIpc) is 2.67. The third kappa shape index (κ3) is 4.71. The van der Waals surface area contributed by atoms with E-state index in [0.29, 0.717) is 15.4 Å². The van der Waals surface area contributed by atoms with Gasteiger partial charge in [-0.1, -0.05) is 18.5 Å². The van der Waals surface area contributed by atoms with E-state index in [4.69, 9.17) is 11.6 Å². The fourth-order valence-electron chi connectivity index (χ4n) is 1.20. The second-order valence-corrected chi connectivity index (χ2v) is 8.54. The Kier molecular flexibility index (Phi) is 6.25. The number of rotatable bonds is 6. The van der Waals surface area contributed by atoms with Gasteiger partial charge in [-0.05, 0) is 35.3 Å². The maximum absolute atomic E-state index is 12.0. The molecule has 0 radical (unpaired) electrons. The van der Waals surface area contributed by atoms with Crippen LogP contribution in [0.5, 0.6) is 0 Å². The van der Waals surface area contributed by atoms with Crippen LogP contribution in [0.3, 0.4) is 0 Å². The minimum atomic E-state index is -3.74. The highest BCUT2D eigenvalue weighted by Crippen LogP contribution is 2.34. The minimum absolute atomic E-state index is 0.0690. The monoisotopic (exact) mass is 388 g/mol. The van der Waals surface area contributed by atoms with E-state index < -0.39 is 16.1 Å². The Bertz CT molecular complexity index is 540. The quantitative estimate of drug-likeness (QED) is 0.784. The van der Waals surface area contributed by atoms with Gasteiger partial charge in [0.25, 0.3) is 10.0 Å². The third-order valence-corrected chi connectivity index (χ3v) is 6.65. The highest BCUT2D eigenvalue weighted by molar-refractivity contribution is 9.11. The number of thiophene rings is 1. The van der Waals surface area contributed by atoms with Gasteiger partial charge < -0.3 is 5.32 Å². The molecule has 0 aliphatic carbocycles. The molecular weight excluding hydrogens is 376 g/mol. The number of amides is 1. The number of nitrogens with one attached hydrogen (secondary N) is 2. The molecule has 1 unspecified atom stereocenters. The van der Waals surface area contributed by atoms with Crippen molar-refractivity contribution >= 4 is 54.8 Å². The first kappa shape index (κ1) is 16.9. The van der Waals surface area contributed by atoms with Crippen LogP contribution in [0, 0.1) is 0 Å². The number of sulfonamides is 1. The van der Waals surface area contributed by atoms with Gasteiger partial charge >= 0.3 is 0 Å². The minimum Gasteiger partial charge on any atom is -0.355 e. The Morgan fingerprint density at radius 1 is 1.58 bits per heavy atom. The summed E-state index contributed by atoms with van der Waals surface area (Å²) in [4.78, 5) is 11.6. The van der Waals surface area contributed by atoms with Crippen molar-refractivity contribution in [3.05, 3.63) is 14.9 Å². The fraction of sp³-hybridized carbons (Fsp3) is 0.500. The van der Waals surface area contributed by atoms with Crippen molar-refractivity contribution in [3.63, 3.8) is 0 Å². The van der Waals surface area contributed by atoms with Crippen molar-refractivity contribution in [1.82, 2.24) is 10.0 Å². The predicted octanol–water partition coefficient (Wildman–Crippen LogP) is 2.36. The summed E-state index contributed by atoms with van der Waals surface area (Å²) in [6, 6.07) is 0.506. The first-order valence-corrected chi connectivity index (χ1v) is 9.00. The highest BCUT2D eigenvalue weighted by atomic mass is 79.9. The van der Waals surface area contributed by atoms with E-state index in [2.05, 4.69) is 26.0 Å². The molecular formula is C10H14BrClN2O3S2. The molecule has 0 aliphatic heterocycles. The Hall–Kier alpha value is -0.150. The molecule has 5 nitrogen and oxygen atoms in total. The summed E-state index contributed by atoms with van der Waals surface area (Å²) >= 11 is 9.94. The SMILES string of the molecule is CCCNC(=O)C(C)NS(=O)(=O)c1cc(Cl)c(Br)s1. The van der Waals surface area contributed by atoms with Crippen LogP contribution < -0.4 is 10.0 Å². The molecule has 0 saturated heterocycles. The number of carbonyl (C=O) groups excluding carboxylic acids is 1. The number of carbonyl (C=O) groups is 1. The number of hydrogen-bond donors (Lipinski definition) is 2. The molecule has 0 bridgehead atoms. The zero-order chi connectivity index (χ0) is 14.6. The Labute approximate surface area is 129 Å². The zero-order valence-corrected chi connectivity index (χ0v) is 14.3. The standard InChI is InChI=1S/C10H14BrClN2O3S2/c1-3-4-13-10(15)6(2)14-19(16,17)8-5-7(12)9(11)18-8/h5-6,14H,3-4H2,1-2H3,(H,13,15). The van der Waals surface area contributed by atoms with Crippen molar-refractivity contribution in [2.24, 2.45) is 0 Å². The Morgan fingerprint density at radius 3 is 2.68 bits per heavy atom. The highest BCUT2D eigenvalue weighted by Gasteiger charge is 2.24.